The van der Waals surface area contributed by atoms with Crippen LogP contribution in [0.4, 0.5) is 0 Å². The molecule has 0 bridgehead atoms. The van der Waals surface area contributed by atoms with Crippen molar-refractivity contribution in [2.75, 3.05) is 13.1 Å². The van der Waals surface area contributed by atoms with Crippen molar-refractivity contribution in [3.8, 4) is 0 Å². The van der Waals surface area contributed by atoms with E-state index in [2.05, 4.69) is 29.6 Å². The van der Waals surface area contributed by atoms with Crippen LogP contribution in [0.1, 0.15) is 40.1 Å². The summed E-state index contributed by atoms with van der Waals surface area (Å²) in [7, 11) is 0. The molecule has 0 saturated carbocycles. The summed E-state index contributed by atoms with van der Waals surface area (Å²) in [5.41, 5.74) is 7.00. The first-order valence-corrected chi connectivity index (χ1v) is 8.11. The van der Waals surface area contributed by atoms with Crippen molar-refractivity contribution in [1.29, 1.82) is 0 Å². The molecule has 0 heterocycles. The van der Waals surface area contributed by atoms with Gasteiger partial charge in [0.05, 0.1) is 0 Å². The van der Waals surface area contributed by atoms with Crippen molar-refractivity contribution in [2.45, 2.75) is 20.4 Å². The number of hydrogen-bond acceptors (Lipinski definition) is 3. The highest BCUT2D eigenvalue weighted by Crippen LogP contribution is 2.07. The highest BCUT2D eigenvalue weighted by atomic mass is 16.2. The van der Waals surface area contributed by atoms with Gasteiger partial charge in [-0.1, -0.05) is 44.2 Å². The average molecular weight is 325 g/mol. The van der Waals surface area contributed by atoms with Crippen LogP contribution in [0.2, 0.25) is 0 Å². The molecule has 2 amide bonds. The molecule has 0 unspecified atom stereocenters. The molecule has 5 nitrogen and oxygen atoms in total. The van der Waals surface area contributed by atoms with E-state index in [9.17, 15) is 9.59 Å². The van der Waals surface area contributed by atoms with E-state index in [1.54, 1.807) is 36.4 Å². The normalized spacial score (nSPS) is 10.5. The number of benzene rings is 2. The lowest BCUT2D eigenvalue weighted by atomic mass is 10.1. The van der Waals surface area contributed by atoms with E-state index < -0.39 is 0 Å². The molecule has 0 aromatic heterocycles. The predicted molar refractivity (Wildman–Crippen MR) is 94.4 cm³/mol. The summed E-state index contributed by atoms with van der Waals surface area (Å²) in [5, 5.41) is 0. The van der Waals surface area contributed by atoms with Crippen LogP contribution in [0.15, 0.2) is 54.6 Å². The summed E-state index contributed by atoms with van der Waals surface area (Å²) in [5.74, 6) is -0.684. The first-order valence-electron chi connectivity index (χ1n) is 8.11. The number of carbonyl (C=O) groups is 2. The largest absolute Gasteiger partial charge is 0.300 e. The van der Waals surface area contributed by atoms with Gasteiger partial charge in [0.1, 0.15) is 0 Å². The second-order valence-electron chi connectivity index (χ2n) is 5.43. The molecule has 2 aromatic rings. The molecule has 0 atom stereocenters. The molecule has 0 aliphatic carbocycles. The Kier molecular flexibility index (Phi) is 6.51. The zero-order valence-electron chi connectivity index (χ0n) is 14.1. The molecule has 0 saturated heterocycles. The maximum Gasteiger partial charge on any atom is 0.269 e. The van der Waals surface area contributed by atoms with E-state index in [4.69, 9.17) is 0 Å². The summed E-state index contributed by atoms with van der Waals surface area (Å²) in [4.78, 5) is 26.3. The number of hydrogen-bond donors (Lipinski definition) is 2. The van der Waals surface area contributed by atoms with Gasteiger partial charge in [0.15, 0.2) is 0 Å². The van der Waals surface area contributed by atoms with E-state index >= 15 is 0 Å². The fourth-order valence-corrected chi connectivity index (χ4v) is 2.31. The van der Waals surface area contributed by atoms with E-state index in [0.717, 1.165) is 25.2 Å². The number of nitrogens with zero attached hydrogens (tertiary/aromatic N) is 1. The van der Waals surface area contributed by atoms with Crippen LogP contribution in [-0.2, 0) is 6.54 Å². The summed E-state index contributed by atoms with van der Waals surface area (Å²) < 4.78 is 0. The predicted octanol–water partition coefficient (Wildman–Crippen LogP) is 2.60. The standard InChI is InChI=1S/C19H23N3O2/c1-3-22(4-2)14-15-10-12-17(13-11-15)19(24)21-20-18(23)16-8-6-5-7-9-16/h5-13H,3-4,14H2,1-2H3,(H,20,23)(H,21,24). The quantitative estimate of drug-likeness (QED) is 0.803. The maximum atomic E-state index is 12.1. The minimum atomic E-state index is -0.345. The molecular formula is C19H23N3O2. The Balaban J connectivity index is 1.89. The molecule has 24 heavy (non-hydrogen) atoms. The molecule has 2 N–H and O–H groups in total. The van der Waals surface area contributed by atoms with Gasteiger partial charge in [-0.2, -0.15) is 0 Å². The Hall–Kier alpha value is -2.66. The first kappa shape index (κ1) is 17.7. The topological polar surface area (TPSA) is 61.4 Å². The Morgan fingerprint density at radius 1 is 0.792 bits per heavy atom. The van der Waals surface area contributed by atoms with Gasteiger partial charge in [0.25, 0.3) is 11.8 Å². The van der Waals surface area contributed by atoms with Gasteiger partial charge in [-0.15, -0.1) is 0 Å². The van der Waals surface area contributed by atoms with E-state index in [1.807, 2.05) is 18.2 Å². The fourth-order valence-electron chi connectivity index (χ4n) is 2.31. The minimum absolute atomic E-state index is 0.339. The van der Waals surface area contributed by atoms with Gasteiger partial charge < -0.3 is 0 Å². The summed E-state index contributed by atoms with van der Waals surface area (Å²) >= 11 is 0. The van der Waals surface area contributed by atoms with Gasteiger partial charge in [-0.25, -0.2) is 0 Å². The molecular weight excluding hydrogens is 302 g/mol. The Labute approximate surface area is 142 Å². The van der Waals surface area contributed by atoms with Crippen LogP contribution in [-0.4, -0.2) is 29.8 Å². The molecule has 0 fully saturated rings. The fraction of sp³-hybridized carbons (Fsp3) is 0.263. The van der Waals surface area contributed by atoms with Crippen molar-refractivity contribution in [1.82, 2.24) is 15.8 Å². The van der Waals surface area contributed by atoms with Crippen molar-refractivity contribution in [3.05, 3.63) is 71.3 Å². The molecule has 2 aromatic carbocycles. The monoisotopic (exact) mass is 325 g/mol. The Morgan fingerprint density at radius 3 is 1.79 bits per heavy atom. The zero-order valence-corrected chi connectivity index (χ0v) is 14.1. The molecule has 0 radical (unpaired) electrons. The summed E-state index contributed by atoms with van der Waals surface area (Å²) in [6.07, 6.45) is 0. The number of nitrogens with one attached hydrogen (secondary N) is 2. The van der Waals surface area contributed by atoms with Gasteiger partial charge in [0.2, 0.25) is 0 Å². The molecule has 126 valence electrons. The SMILES string of the molecule is CCN(CC)Cc1ccc(C(=O)NNC(=O)c2ccccc2)cc1. The first-order chi connectivity index (χ1) is 11.6. The Bertz CT molecular complexity index is 665. The third-order valence-corrected chi connectivity index (χ3v) is 3.84. The van der Waals surface area contributed by atoms with Crippen LogP contribution in [0, 0.1) is 0 Å². The average Bonchev–Trinajstić information content (AvgIpc) is 2.65. The lowest BCUT2D eigenvalue weighted by molar-refractivity contribution is 0.0846. The third-order valence-electron chi connectivity index (χ3n) is 3.84. The van der Waals surface area contributed by atoms with Crippen LogP contribution >= 0.6 is 0 Å². The number of rotatable bonds is 6. The van der Waals surface area contributed by atoms with Crippen LogP contribution < -0.4 is 10.9 Å². The Morgan fingerprint density at radius 2 is 1.29 bits per heavy atom. The maximum absolute atomic E-state index is 12.1. The van der Waals surface area contributed by atoms with E-state index in [1.165, 1.54) is 0 Å². The minimum Gasteiger partial charge on any atom is -0.300 e. The smallest absolute Gasteiger partial charge is 0.269 e. The zero-order chi connectivity index (χ0) is 17.4. The van der Waals surface area contributed by atoms with E-state index in [-0.39, 0.29) is 11.8 Å². The number of amides is 2. The lowest BCUT2D eigenvalue weighted by Gasteiger charge is -2.18. The van der Waals surface area contributed by atoms with Crippen molar-refractivity contribution < 1.29 is 9.59 Å². The second kappa shape index (κ2) is 8.84. The molecule has 0 spiro atoms. The summed E-state index contributed by atoms with van der Waals surface area (Å²) in [6, 6.07) is 16.1. The third kappa shape index (κ3) is 4.93. The molecule has 0 aliphatic rings. The second-order valence-corrected chi connectivity index (χ2v) is 5.43. The van der Waals surface area contributed by atoms with Gasteiger partial charge in [-0.3, -0.25) is 25.3 Å². The number of carbonyl (C=O) groups excluding carboxylic acids is 2. The number of hydrazine groups is 1. The van der Waals surface area contributed by atoms with E-state index in [0.29, 0.717) is 11.1 Å². The van der Waals surface area contributed by atoms with Crippen LogP contribution in [0.25, 0.3) is 0 Å². The van der Waals surface area contributed by atoms with Crippen LogP contribution in [0.5, 0.6) is 0 Å². The van der Waals surface area contributed by atoms with Gasteiger partial charge in [0, 0.05) is 17.7 Å². The molecule has 5 heteroatoms. The van der Waals surface area contributed by atoms with Gasteiger partial charge >= 0.3 is 0 Å². The highest BCUT2D eigenvalue weighted by Gasteiger charge is 2.09. The van der Waals surface area contributed by atoms with Crippen molar-refractivity contribution >= 4 is 11.8 Å². The van der Waals surface area contributed by atoms with Crippen molar-refractivity contribution in [2.24, 2.45) is 0 Å². The molecule has 2 rings (SSSR count). The lowest BCUT2D eigenvalue weighted by Crippen LogP contribution is -2.41. The van der Waals surface area contributed by atoms with Crippen LogP contribution in [0.3, 0.4) is 0 Å². The molecule has 0 aliphatic heterocycles. The summed E-state index contributed by atoms with van der Waals surface area (Å²) in [6.45, 7) is 7.09. The highest BCUT2D eigenvalue weighted by molar-refractivity contribution is 5.99. The van der Waals surface area contributed by atoms with Crippen molar-refractivity contribution in [3.63, 3.8) is 0 Å². The van der Waals surface area contributed by atoms with Gasteiger partial charge in [-0.05, 0) is 42.9 Å².